The van der Waals surface area contributed by atoms with E-state index in [2.05, 4.69) is 20.0 Å². The maximum absolute atomic E-state index is 12.0. The molecular weight excluding hydrogens is 291 g/mol. The van der Waals surface area contributed by atoms with Crippen molar-refractivity contribution < 1.29 is 23.0 Å². The normalized spacial score (nSPS) is 11.2. The molecule has 0 amide bonds. The summed E-state index contributed by atoms with van der Waals surface area (Å²) in [7, 11) is 0. The molecule has 1 heterocycles. The van der Waals surface area contributed by atoms with Crippen LogP contribution in [0.15, 0.2) is 35.4 Å². The molecule has 3 N–H and O–H groups in total. The summed E-state index contributed by atoms with van der Waals surface area (Å²) in [5.41, 5.74) is -0.0835. The molecule has 0 atom stereocenters. The predicted molar refractivity (Wildman–Crippen MR) is 67.0 cm³/mol. The Morgan fingerprint density at radius 3 is 2.52 bits per heavy atom. The molecule has 1 aromatic heterocycles. The SMILES string of the molecule is O=c1[nH]cnc(O)c1NCc1ccc(OC(F)(F)F)cc1. The molecule has 0 saturated heterocycles. The third-order valence-corrected chi connectivity index (χ3v) is 2.46. The number of halogens is 3. The first kappa shape index (κ1) is 14.7. The van der Waals surface area contributed by atoms with Crippen LogP contribution in [0.2, 0.25) is 0 Å². The Labute approximate surface area is 116 Å². The van der Waals surface area contributed by atoms with Crippen LogP contribution in [0, 0.1) is 0 Å². The van der Waals surface area contributed by atoms with Gasteiger partial charge in [-0.2, -0.15) is 0 Å². The number of rotatable bonds is 4. The molecule has 2 aromatic rings. The van der Waals surface area contributed by atoms with E-state index >= 15 is 0 Å². The highest BCUT2D eigenvalue weighted by Crippen LogP contribution is 2.23. The molecule has 21 heavy (non-hydrogen) atoms. The quantitative estimate of drug-likeness (QED) is 0.804. The second-order valence-electron chi connectivity index (χ2n) is 3.98. The highest BCUT2D eigenvalue weighted by molar-refractivity contribution is 5.49. The summed E-state index contributed by atoms with van der Waals surface area (Å²) in [4.78, 5) is 17.2. The molecule has 1 aromatic carbocycles. The fraction of sp³-hybridized carbons (Fsp3) is 0.167. The fourth-order valence-corrected chi connectivity index (χ4v) is 1.55. The molecule has 112 valence electrons. The minimum atomic E-state index is -4.74. The first-order chi connectivity index (χ1) is 9.85. The van der Waals surface area contributed by atoms with Gasteiger partial charge in [0.05, 0.1) is 6.33 Å². The van der Waals surface area contributed by atoms with Crippen molar-refractivity contribution in [3.8, 4) is 11.6 Å². The Bertz CT molecular complexity index is 668. The number of benzene rings is 1. The zero-order chi connectivity index (χ0) is 15.5. The minimum Gasteiger partial charge on any atom is -0.492 e. The smallest absolute Gasteiger partial charge is 0.492 e. The van der Waals surface area contributed by atoms with Crippen LogP contribution in [-0.2, 0) is 6.54 Å². The number of H-pyrrole nitrogens is 1. The third kappa shape index (κ3) is 4.13. The molecule has 0 aliphatic rings. The van der Waals surface area contributed by atoms with Gasteiger partial charge >= 0.3 is 6.36 Å². The summed E-state index contributed by atoms with van der Waals surface area (Å²) in [6.45, 7) is 0.120. The lowest BCUT2D eigenvalue weighted by Crippen LogP contribution is -2.17. The van der Waals surface area contributed by atoms with E-state index in [1.54, 1.807) is 0 Å². The van der Waals surface area contributed by atoms with E-state index in [0.717, 1.165) is 18.5 Å². The van der Waals surface area contributed by atoms with Crippen molar-refractivity contribution in [3.63, 3.8) is 0 Å². The highest BCUT2D eigenvalue weighted by Gasteiger charge is 2.30. The van der Waals surface area contributed by atoms with Crippen LogP contribution < -0.4 is 15.6 Å². The van der Waals surface area contributed by atoms with E-state index in [4.69, 9.17) is 0 Å². The molecule has 0 unspecified atom stereocenters. The highest BCUT2D eigenvalue weighted by atomic mass is 19.4. The topological polar surface area (TPSA) is 87.2 Å². The lowest BCUT2D eigenvalue weighted by Gasteiger charge is -2.10. The van der Waals surface area contributed by atoms with Gasteiger partial charge in [-0.15, -0.1) is 13.2 Å². The summed E-state index contributed by atoms with van der Waals surface area (Å²) in [5, 5.41) is 12.0. The standard InChI is InChI=1S/C12H10F3N3O3/c13-12(14,15)21-8-3-1-7(2-4-8)5-16-9-10(19)17-6-18-11(9)20/h1-4,6,16H,5H2,(H2,17,18,19,20). The molecule has 0 radical (unpaired) electrons. The second kappa shape index (κ2) is 5.73. The number of nitrogens with one attached hydrogen (secondary N) is 2. The lowest BCUT2D eigenvalue weighted by atomic mass is 10.2. The predicted octanol–water partition coefficient (Wildman–Crippen LogP) is 1.99. The van der Waals surface area contributed by atoms with Gasteiger partial charge in [-0.1, -0.05) is 12.1 Å². The van der Waals surface area contributed by atoms with Gasteiger partial charge in [-0.25, -0.2) is 4.98 Å². The van der Waals surface area contributed by atoms with E-state index in [-0.39, 0.29) is 18.0 Å². The largest absolute Gasteiger partial charge is 0.573 e. The van der Waals surface area contributed by atoms with Crippen molar-refractivity contribution in [1.82, 2.24) is 9.97 Å². The molecule has 9 heteroatoms. The summed E-state index contributed by atoms with van der Waals surface area (Å²) < 4.78 is 39.7. The molecule has 0 bridgehead atoms. The van der Waals surface area contributed by atoms with Crippen LogP contribution >= 0.6 is 0 Å². The second-order valence-corrected chi connectivity index (χ2v) is 3.98. The van der Waals surface area contributed by atoms with Crippen molar-refractivity contribution in [2.75, 3.05) is 5.32 Å². The fourth-order valence-electron chi connectivity index (χ4n) is 1.55. The molecular formula is C12H10F3N3O3. The average molecular weight is 301 g/mol. The third-order valence-electron chi connectivity index (χ3n) is 2.46. The van der Waals surface area contributed by atoms with E-state index in [9.17, 15) is 23.1 Å². The molecule has 0 saturated carbocycles. The summed E-state index contributed by atoms with van der Waals surface area (Å²) in [6, 6.07) is 5.10. The number of hydrogen-bond acceptors (Lipinski definition) is 5. The number of hydrogen-bond donors (Lipinski definition) is 3. The van der Waals surface area contributed by atoms with Gasteiger partial charge in [0.25, 0.3) is 5.56 Å². The van der Waals surface area contributed by atoms with Crippen LogP contribution in [0.25, 0.3) is 0 Å². The number of alkyl halides is 3. The Hall–Kier alpha value is -2.71. The molecule has 0 spiro atoms. The monoisotopic (exact) mass is 301 g/mol. The molecule has 0 aliphatic carbocycles. The van der Waals surface area contributed by atoms with Gasteiger partial charge in [0.15, 0.2) is 5.69 Å². The maximum Gasteiger partial charge on any atom is 0.573 e. The number of ether oxygens (including phenoxy) is 1. The van der Waals surface area contributed by atoms with Crippen LogP contribution in [0.4, 0.5) is 18.9 Å². The molecule has 0 fully saturated rings. The summed E-state index contributed by atoms with van der Waals surface area (Å²) >= 11 is 0. The van der Waals surface area contributed by atoms with Crippen LogP contribution in [0.1, 0.15) is 5.56 Å². The van der Waals surface area contributed by atoms with Crippen LogP contribution in [0.3, 0.4) is 0 Å². The molecule has 6 nitrogen and oxygen atoms in total. The zero-order valence-electron chi connectivity index (χ0n) is 10.4. The van der Waals surface area contributed by atoms with E-state index in [1.807, 2.05) is 0 Å². The Kier molecular flexibility index (Phi) is 4.01. The van der Waals surface area contributed by atoms with Gasteiger partial charge in [0.1, 0.15) is 5.75 Å². The van der Waals surface area contributed by atoms with E-state index in [1.165, 1.54) is 12.1 Å². The van der Waals surface area contributed by atoms with Crippen molar-refractivity contribution in [2.45, 2.75) is 12.9 Å². The van der Waals surface area contributed by atoms with E-state index < -0.39 is 17.8 Å². The molecule has 0 aliphatic heterocycles. The first-order valence-electron chi connectivity index (χ1n) is 5.70. The van der Waals surface area contributed by atoms with Gasteiger partial charge in [0.2, 0.25) is 5.88 Å². The Morgan fingerprint density at radius 1 is 1.29 bits per heavy atom. The van der Waals surface area contributed by atoms with Crippen molar-refractivity contribution >= 4 is 5.69 Å². The van der Waals surface area contributed by atoms with Crippen LogP contribution in [-0.4, -0.2) is 21.4 Å². The number of aromatic amines is 1. The van der Waals surface area contributed by atoms with Gasteiger partial charge < -0.3 is 20.1 Å². The number of aromatic nitrogens is 2. The Balaban J connectivity index is 2.03. The maximum atomic E-state index is 12.0. The zero-order valence-corrected chi connectivity index (χ0v) is 10.4. The number of nitrogens with zero attached hydrogens (tertiary/aromatic N) is 1. The van der Waals surface area contributed by atoms with Crippen LogP contribution in [0.5, 0.6) is 11.6 Å². The number of aromatic hydroxyl groups is 1. The average Bonchev–Trinajstić information content (AvgIpc) is 2.38. The van der Waals surface area contributed by atoms with Gasteiger partial charge in [-0.3, -0.25) is 4.79 Å². The van der Waals surface area contributed by atoms with Crippen molar-refractivity contribution in [2.24, 2.45) is 0 Å². The van der Waals surface area contributed by atoms with Crippen molar-refractivity contribution in [3.05, 3.63) is 46.5 Å². The molecule has 2 rings (SSSR count). The van der Waals surface area contributed by atoms with Gasteiger partial charge in [0, 0.05) is 6.54 Å². The number of anilines is 1. The van der Waals surface area contributed by atoms with E-state index in [0.29, 0.717) is 5.56 Å². The van der Waals surface area contributed by atoms with Crippen molar-refractivity contribution in [1.29, 1.82) is 0 Å². The minimum absolute atomic E-state index is 0.117. The Morgan fingerprint density at radius 2 is 1.95 bits per heavy atom. The summed E-state index contributed by atoms with van der Waals surface area (Å²) in [6.07, 6.45) is -3.69. The first-order valence-corrected chi connectivity index (χ1v) is 5.70. The van der Waals surface area contributed by atoms with Gasteiger partial charge in [-0.05, 0) is 17.7 Å². The lowest BCUT2D eigenvalue weighted by molar-refractivity contribution is -0.274. The summed E-state index contributed by atoms with van der Waals surface area (Å²) in [5.74, 6) is -0.802.